The third-order valence-electron chi connectivity index (χ3n) is 4.64. The Morgan fingerprint density at radius 1 is 0.750 bits per heavy atom. The topological polar surface area (TPSA) is 68.0 Å². The summed E-state index contributed by atoms with van der Waals surface area (Å²) in [6.45, 7) is 0. The molecular formula is C23H17N3O2. The van der Waals surface area contributed by atoms with Gasteiger partial charge in [0.1, 0.15) is 6.33 Å². The van der Waals surface area contributed by atoms with Crippen molar-refractivity contribution >= 4 is 10.9 Å². The molecule has 28 heavy (non-hydrogen) atoms. The number of ether oxygens (including phenoxy) is 2. The van der Waals surface area contributed by atoms with E-state index in [4.69, 9.17) is 14.7 Å². The van der Waals surface area contributed by atoms with Crippen LogP contribution in [0.5, 0.6) is 11.5 Å². The lowest BCUT2D eigenvalue weighted by molar-refractivity contribution is 0.355. The lowest BCUT2D eigenvalue weighted by atomic mass is 9.99. The minimum atomic E-state index is 0.619. The number of hydrogen-bond acceptors (Lipinski definition) is 5. The lowest BCUT2D eigenvalue weighted by Gasteiger charge is -2.11. The highest BCUT2D eigenvalue weighted by Gasteiger charge is 2.10. The second kappa shape index (κ2) is 7.37. The maximum absolute atomic E-state index is 9.02. The van der Waals surface area contributed by atoms with Gasteiger partial charge in [-0.3, -0.25) is 0 Å². The third-order valence-corrected chi connectivity index (χ3v) is 4.64. The molecule has 5 nitrogen and oxygen atoms in total. The Bertz CT molecular complexity index is 1190. The van der Waals surface area contributed by atoms with Crippen molar-refractivity contribution < 1.29 is 9.47 Å². The predicted octanol–water partition coefficient (Wildman–Crippen LogP) is 4.85. The van der Waals surface area contributed by atoms with E-state index in [1.807, 2.05) is 42.5 Å². The fourth-order valence-electron chi connectivity index (χ4n) is 3.18. The summed E-state index contributed by atoms with van der Waals surface area (Å²) in [4.78, 5) is 8.88. The van der Waals surface area contributed by atoms with Crippen molar-refractivity contribution in [2.24, 2.45) is 0 Å². The van der Waals surface area contributed by atoms with E-state index in [0.717, 1.165) is 33.3 Å². The van der Waals surface area contributed by atoms with Crippen LogP contribution in [-0.2, 0) is 0 Å². The molecule has 4 rings (SSSR count). The van der Waals surface area contributed by atoms with Gasteiger partial charge in [-0.1, -0.05) is 24.3 Å². The van der Waals surface area contributed by atoms with Crippen molar-refractivity contribution in [3.8, 4) is 40.0 Å². The zero-order valence-electron chi connectivity index (χ0n) is 15.5. The molecule has 136 valence electrons. The standard InChI is InChI=1S/C23H17N3O2/c1-27-21-10-8-18(12-22(21)28-2)17-7-9-20-19(11-17)23(26-14-25-20)16-5-3-15(13-24)4-6-16/h3-12,14H,1-2H3. The summed E-state index contributed by atoms with van der Waals surface area (Å²) in [5.41, 5.74) is 5.28. The minimum absolute atomic E-state index is 0.619. The molecule has 3 aromatic carbocycles. The predicted molar refractivity (Wildman–Crippen MR) is 108 cm³/mol. The first-order valence-corrected chi connectivity index (χ1v) is 8.71. The fourth-order valence-corrected chi connectivity index (χ4v) is 3.18. The Morgan fingerprint density at radius 2 is 1.43 bits per heavy atom. The monoisotopic (exact) mass is 367 g/mol. The average Bonchev–Trinajstić information content (AvgIpc) is 2.78. The van der Waals surface area contributed by atoms with Crippen LogP contribution in [0.25, 0.3) is 33.3 Å². The largest absolute Gasteiger partial charge is 0.493 e. The van der Waals surface area contributed by atoms with Crippen LogP contribution < -0.4 is 9.47 Å². The molecule has 0 unspecified atom stereocenters. The third kappa shape index (κ3) is 3.12. The van der Waals surface area contributed by atoms with E-state index in [9.17, 15) is 0 Å². The second-order valence-electron chi connectivity index (χ2n) is 6.21. The van der Waals surface area contributed by atoms with Gasteiger partial charge in [0.15, 0.2) is 11.5 Å². The summed E-state index contributed by atoms with van der Waals surface area (Å²) in [6.07, 6.45) is 1.56. The summed E-state index contributed by atoms with van der Waals surface area (Å²) >= 11 is 0. The first-order chi connectivity index (χ1) is 13.7. The van der Waals surface area contributed by atoms with Crippen LogP contribution in [0.2, 0.25) is 0 Å². The molecule has 0 aliphatic carbocycles. The van der Waals surface area contributed by atoms with E-state index < -0.39 is 0 Å². The van der Waals surface area contributed by atoms with Gasteiger partial charge in [-0.25, -0.2) is 9.97 Å². The Balaban J connectivity index is 1.85. The van der Waals surface area contributed by atoms with Gasteiger partial charge in [-0.2, -0.15) is 5.26 Å². The van der Waals surface area contributed by atoms with Crippen LogP contribution >= 0.6 is 0 Å². The molecule has 0 radical (unpaired) electrons. The Morgan fingerprint density at radius 3 is 2.14 bits per heavy atom. The molecule has 4 aromatic rings. The van der Waals surface area contributed by atoms with Gasteiger partial charge in [0, 0.05) is 10.9 Å². The molecule has 0 amide bonds. The SMILES string of the molecule is COc1ccc(-c2ccc3ncnc(-c4ccc(C#N)cc4)c3c2)cc1OC. The Kier molecular flexibility index (Phi) is 4.61. The summed E-state index contributed by atoms with van der Waals surface area (Å²) < 4.78 is 10.7. The molecule has 0 atom stereocenters. The number of aromatic nitrogens is 2. The van der Waals surface area contributed by atoms with E-state index in [1.54, 1.807) is 32.7 Å². The number of rotatable bonds is 4. The molecule has 0 spiro atoms. The van der Waals surface area contributed by atoms with Crippen LogP contribution in [0.1, 0.15) is 5.56 Å². The van der Waals surface area contributed by atoms with Crippen molar-refractivity contribution in [2.45, 2.75) is 0 Å². The van der Waals surface area contributed by atoms with Crippen LogP contribution in [0.4, 0.5) is 0 Å². The molecule has 0 fully saturated rings. The van der Waals surface area contributed by atoms with Crippen molar-refractivity contribution in [2.75, 3.05) is 14.2 Å². The Labute approximate surface area is 162 Å². The number of nitrogens with zero attached hydrogens (tertiary/aromatic N) is 3. The van der Waals surface area contributed by atoms with Crippen LogP contribution in [-0.4, -0.2) is 24.2 Å². The van der Waals surface area contributed by atoms with Crippen molar-refractivity contribution in [1.29, 1.82) is 5.26 Å². The normalized spacial score (nSPS) is 10.5. The maximum atomic E-state index is 9.02. The molecule has 0 aliphatic heterocycles. The quantitative estimate of drug-likeness (QED) is 0.516. The summed E-state index contributed by atoms with van der Waals surface area (Å²) in [5, 5.41) is 9.96. The highest BCUT2D eigenvalue weighted by atomic mass is 16.5. The molecule has 0 aliphatic rings. The van der Waals surface area contributed by atoms with Gasteiger partial charge in [0.25, 0.3) is 0 Å². The molecule has 0 saturated carbocycles. The summed E-state index contributed by atoms with van der Waals surface area (Å²) in [5.74, 6) is 1.37. The molecule has 0 N–H and O–H groups in total. The first-order valence-electron chi connectivity index (χ1n) is 8.71. The van der Waals surface area contributed by atoms with Gasteiger partial charge in [-0.05, 0) is 47.5 Å². The Hall–Kier alpha value is -3.91. The molecular weight excluding hydrogens is 350 g/mol. The summed E-state index contributed by atoms with van der Waals surface area (Å²) in [6, 6.07) is 21.5. The maximum Gasteiger partial charge on any atom is 0.161 e. The molecule has 1 heterocycles. The van der Waals surface area contributed by atoms with Crippen molar-refractivity contribution in [3.63, 3.8) is 0 Å². The number of nitriles is 1. The number of fused-ring (bicyclic) bond motifs is 1. The lowest BCUT2D eigenvalue weighted by Crippen LogP contribution is -1.92. The van der Waals surface area contributed by atoms with Crippen molar-refractivity contribution in [1.82, 2.24) is 9.97 Å². The van der Waals surface area contributed by atoms with E-state index in [0.29, 0.717) is 17.1 Å². The van der Waals surface area contributed by atoms with Crippen molar-refractivity contribution in [3.05, 3.63) is 72.6 Å². The first kappa shape index (κ1) is 17.5. The molecule has 0 bridgehead atoms. The van der Waals surface area contributed by atoms with Crippen LogP contribution in [0.15, 0.2) is 67.0 Å². The van der Waals surface area contributed by atoms with Gasteiger partial charge in [-0.15, -0.1) is 0 Å². The zero-order valence-corrected chi connectivity index (χ0v) is 15.5. The highest BCUT2D eigenvalue weighted by Crippen LogP contribution is 2.34. The molecule has 5 heteroatoms. The van der Waals surface area contributed by atoms with E-state index in [1.165, 1.54) is 0 Å². The van der Waals surface area contributed by atoms with Crippen LogP contribution in [0, 0.1) is 11.3 Å². The van der Waals surface area contributed by atoms with Gasteiger partial charge < -0.3 is 9.47 Å². The molecule has 0 saturated heterocycles. The molecule has 1 aromatic heterocycles. The minimum Gasteiger partial charge on any atom is -0.493 e. The zero-order chi connectivity index (χ0) is 19.5. The van der Waals surface area contributed by atoms with E-state index >= 15 is 0 Å². The van der Waals surface area contributed by atoms with E-state index in [2.05, 4.69) is 22.1 Å². The van der Waals surface area contributed by atoms with Gasteiger partial charge in [0.05, 0.1) is 37.1 Å². The number of benzene rings is 3. The van der Waals surface area contributed by atoms with Gasteiger partial charge in [0.2, 0.25) is 0 Å². The van der Waals surface area contributed by atoms with Crippen LogP contribution in [0.3, 0.4) is 0 Å². The number of hydrogen-bond donors (Lipinski definition) is 0. The second-order valence-corrected chi connectivity index (χ2v) is 6.21. The number of methoxy groups -OCH3 is 2. The van der Waals surface area contributed by atoms with E-state index in [-0.39, 0.29) is 0 Å². The highest BCUT2D eigenvalue weighted by molar-refractivity contribution is 5.95. The fraction of sp³-hybridized carbons (Fsp3) is 0.0870. The average molecular weight is 367 g/mol. The smallest absolute Gasteiger partial charge is 0.161 e. The summed E-state index contributed by atoms with van der Waals surface area (Å²) in [7, 11) is 3.24. The van der Waals surface area contributed by atoms with Gasteiger partial charge >= 0.3 is 0 Å².